The molecule has 1 aromatic carbocycles. The Hall–Kier alpha value is -0.180. The lowest BCUT2D eigenvalue weighted by atomic mass is 10.3. The highest BCUT2D eigenvalue weighted by molar-refractivity contribution is 9.10. The highest BCUT2D eigenvalue weighted by Gasteiger charge is 2.19. The van der Waals surface area contributed by atoms with Crippen LogP contribution in [0.3, 0.4) is 0 Å². The summed E-state index contributed by atoms with van der Waals surface area (Å²) in [5.41, 5.74) is 0. The number of nitrogens with one attached hydrogen (secondary N) is 1. The smallest absolute Gasteiger partial charge is 0.242 e. The predicted molar refractivity (Wildman–Crippen MR) is 88.3 cm³/mol. The highest BCUT2D eigenvalue weighted by Crippen LogP contribution is 2.24. The number of halogens is 2. The van der Waals surface area contributed by atoms with E-state index in [9.17, 15) is 8.42 Å². The van der Waals surface area contributed by atoms with Crippen LogP contribution in [-0.2, 0) is 10.0 Å². The third-order valence-electron chi connectivity index (χ3n) is 3.50. The van der Waals surface area contributed by atoms with Crippen LogP contribution in [0.1, 0.15) is 0 Å². The van der Waals surface area contributed by atoms with Gasteiger partial charge in [-0.2, -0.15) is 0 Å². The SMILES string of the molecule is CN1CCN(CCNS(=O)(=O)c2ccc(Br)cc2Cl)CC1. The van der Waals surface area contributed by atoms with E-state index >= 15 is 0 Å². The molecule has 118 valence electrons. The predicted octanol–water partition coefficient (Wildman–Crippen LogP) is 1.63. The zero-order valence-corrected chi connectivity index (χ0v) is 15.0. The average Bonchev–Trinajstić information content (AvgIpc) is 2.40. The van der Waals surface area contributed by atoms with Gasteiger partial charge >= 0.3 is 0 Å². The Morgan fingerprint density at radius 3 is 2.57 bits per heavy atom. The monoisotopic (exact) mass is 395 g/mol. The first-order valence-electron chi connectivity index (χ1n) is 6.74. The zero-order chi connectivity index (χ0) is 15.5. The van der Waals surface area contributed by atoms with Crippen molar-refractivity contribution in [2.45, 2.75) is 4.90 Å². The number of sulfonamides is 1. The number of piperazine rings is 1. The van der Waals surface area contributed by atoms with E-state index in [0.29, 0.717) is 13.1 Å². The van der Waals surface area contributed by atoms with Crippen molar-refractivity contribution in [3.63, 3.8) is 0 Å². The van der Waals surface area contributed by atoms with Gasteiger partial charge in [0.05, 0.1) is 5.02 Å². The molecule has 1 fully saturated rings. The van der Waals surface area contributed by atoms with Gasteiger partial charge in [-0.1, -0.05) is 27.5 Å². The van der Waals surface area contributed by atoms with Crippen molar-refractivity contribution in [3.05, 3.63) is 27.7 Å². The second-order valence-corrected chi connectivity index (χ2v) is 8.18. The third-order valence-corrected chi connectivity index (χ3v) is 5.94. The molecule has 0 spiro atoms. The number of benzene rings is 1. The molecule has 1 heterocycles. The van der Waals surface area contributed by atoms with Crippen molar-refractivity contribution in [1.82, 2.24) is 14.5 Å². The van der Waals surface area contributed by atoms with E-state index in [2.05, 4.69) is 37.5 Å². The largest absolute Gasteiger partial charge is 0.304 e. The van der Waals surface area contributed by atoms with Crippen LogP contribution in [0, 0.1) is 0 Å². The topological polar surface area (TPSA) is 52.6 Å². The van der Waals surface area contributed by atoms with Crippen molar-refractivity contribution in [1.29, 1.82) is 0 Å². The molecule has 1 aliphatic heterocycles. The van der Waals surface area contributed by atoms with E-state index in [1.807, 2.05) is 0 Å². The van der Waals surface area contributed by atoms with E-state index in [1.165, 1.54) is 6.07 Å². The Morgan fingerprint density at radius 2 is 1.95 bits per heavy atom. The Balaban J connectivity index is 1.89. The van der Waals surface area contributed by atoms with Crippen LogP contribution in [0.4, 0.5) is 0 Å². The molecule has 8 heteroatoms. The van der Waals surface area contributed by atoms with Crippen LogP contribution in [0.5, 0.6) is 0 Å². The number of likely N-dealkylation sites (N-methyl/N-ethyl adjacent to an activating group) is 1. The van der Waals surface area contributed by atoms with Crippen LogP contribution in [0.25, 0.3) is 0 Å². The van der Waals surface area contributed by atoms with E-state index in [0.717, 1.165) is 30.7 Å². The molecule has 1 saturated heterocycles. The molecule has 1 aromatic rings. The lowest BCUT2D eigenvalue weighted by Crippen LogP contribution is -2.46. The molecule has 1 N–H and O–H groups in total. The molecule has 0 bridgehead atoms. The maximum Gasteiger partial charge on any atom is 0.242 e. The summed E-state index contributed by atoms with van der Waals surface area (Å²) in [7, 11) is -1.47. The van der Waals surface area contributed by atoms with Gasteiger partial charge in [0.25, 0.3) is 0 Å². The first-order chi connectivity index (χ1) is 9.88. The van der Waals surface area contributed by atoms with Crippen LogP contribution in [0.15, 0.2) is 27.6 Å². The molecular weight excluding hydrogens is 378 g/mol. The van der Waals surface area contributed by atoms with Crippen molar-refractivity contribution in [2.24, 2.45) is 0 Å². The van der Waals surface area contributed by atoms with Gasteiger partial charge in [0.15, 0.2) is 0 Å². The number of rotatable bonds is 5. The van der Waals surface area contributed by atoms with Gasteiger partial charge in [-0.3, -0.25) is 4.90 Å². The van der Waals surface area contributed by atoms with Crippen LogP contribution < -0.4 is 4.72 Å². The van der Waals surface area contributed by atoms with Gasteiger partial charge in [0.1, 0.15) is 4.90 Å². The Bertz CT molecular complexity index is 589. The number of nitrogens with zero attached hydrogens (tertiary/aromatic N) is 2. The fourth-order valence-electron chi connectivity index (χ4n) is 2.18. The fourth-order valence-corrected chi connectivity index (χ4v) is 4.24. The molecule has 1 aliphatic rings. The first kappa shape index (κ1) is 17.2. The summed E-state index contributed by atoms with van der Waals surface area (Å²) in [4.78, 5) is 4.64. The highest BCUT2D eigenvalue weighted by atomic mass is 79.9. The van der Waals surface area contributed by atoms with Gasteiger partial charge in [-0.05, 0) is 25.2 Å². The van der Waals surface area contributed by atoms with Gasteiger partial charge < -0.3 is 4.90 Å². The fraction of sp³-hybridized carbons (Fsp3) is 0.538. The molecule has 0 atom stereocenters. The van der Waals surface area contributed by atoms with E-state index in [1.54, 1.807) is 12.1 Å². The minimum atomic E-state index is -3.56. The molecule has 0 saturated carbocycles. The van der Waals surface area contributed by atoms with Crippen molar-refractivity contribution < 1.29 is 8.42 Å². The maximum absolute atomic E-state index is 12.2. The summed E-state index contributed by atoms with van der Waals surface area (Å²) in [6, 6.07) is 4.75. The summed E-state index contributed by atoms with van der Waals surface area (Å²) in [5.74, 6) is 0. The molecule has 0 aliphatic carbocycles. The molecule has 0 unspecified atom stereocenters. The molecule has 2 rings (SSSR count). The number of hydrogen-bond acceptors (Lipinski definition) is 4. The summed E-state index contributed by atoms with van der Waals surface area (Å²) in [6.07, 6.45) is 0. The third kappa shape index (κ3) is 4.91. The van der Waals surface area contributed by atoms with Gasteiger partial charge in [-0.25, -0.2) is 13.1 Å². The second-order valence-electron chi connectivity index (χ2n) is 5.12. The maximum atomic E-state index is 12.2. The molecule has 5 nitrogen and oxygen atoms in total. The average molecular weight is 397 g/mol. The summed E-state index contributed by atoms with van der Waals surface area (Å²) < 4.78 is 27.8. The molecule has 0 radical (unpaired) electrons. The van der Waals surface area contributed by atoms with Crippen LogP contribution in [-0.4, -0.2) is 64.5 Å². The molecule has 0 aromatic heterocycles. The van der Waals surface area contributed by atoms with E-state index in [4.69, 9.17) is 11.6 Å². The van der Waals surface area contributed by atoms with E-state index < -0.39 is 10.0 Å². The minimum Gasteiger partial charge on any atom is -0.304 e. The number of hydrogen-bond donors (Lipinski definition) is 1. The molecule has 21 heavy (non-hydrogen) atoms. The summed E-state index contributed by atoms with van der Waals surface area (Å²) >= 11 is 9.25. The van der Waals surface area contributed by atoms with Crippen molar-refractivity contribution >= 4 is 37.6 Å². The normalized spacial score (nSPS) is 18.0. The quantitative estimate of drug-likeness (QED) is 0.822. The second kappa shape index (κ2) is 7.39. The Labute approximate surface area is 139 Å². The standard InChI is InChI=1S/C13H19BrClN3O2S/c1-17-6-8-18(9-7-17)5-4-16-21(19,20)13-3-2-11(14)10-12(13)15/h2-3,10,16H,4-9H2,1H3. The zero-order valence-electron chi connectivity index (χ0n) is 11.8. The Kier molecular flexibility index (Phi) is 6.05. The lowest BCUT2D eigenvalue weighted by molar-refractivity contribution is 0.156. The minimum absolute atomic E-state index is 0.116. The van der Waals surface area contributed by atoms with E-state index in [-0.39, 0.29) is 9.92 Å². The summed E-state index contributed by atoms with van der Waals surface area (Å²) in [6.45, 7) is 5.07. The van der Waals surface area contributed by atoms with Crippen LogP contribution in [0.2, 0.25) is 5.02 Å². The van der Waals surface area contributed by atoms with Crippen LogP contribution >= 0.6 is 27.5 Å². The first-order valence-corrected chi connectivity index (χ1v) is 9.39. The van der Waals surface area contributed by atoms with Gasteiger partial charge in [-0.15, -0.1) is 0 Å². The van der Waals surface area contributed by atoms with Crippen molar-refractivity contribution in [2.75, 3.05) is 46.3 Å². The van der Waals surface area contributed by atoms with Crippen molar-refractivity contribution in [3.8, 4) is 0 Å². The lowest BCUT2D eigenvalue weighted by Gasteiger charge is -2.32. The summed E-state index contributed by atoms with van der Waals surface area (Å²) in [5, 5.41) is 0.219. The Morgan fingerprint density at radius 1 is 1.29 bits per heavy atom. The molecular formula is C13H19BrClN3O2S. The van der Waals surface area contributed by atoms with Gasteiger partial charge in [0, 0.05) is 43.7 Å². The van der Waals surface area contributed by atoms with Gasteiger partial charge in [0.2, 0.25) is 10.0 Å². The molecule has 0 amide bonds.